The molecular formula is C17H18N4O2. The molecule has 6 heteroatoms. The summed E-state index contributed by atoms with van der Waals surface area (Å²) in [7, 11) is 0. The molecule has 3 rings (SSSR count). The van der Waals surface area contributed by atoms with Crippen molar-refractivity contribution in [1.29, 1.82) is 0 Å². The van der Waals surface area contributed by atoms with Crippen molar-refractivity contribution in [2.24, 2.45) is 5.10 Å². The summed E-state index contributed by atoms with van der Waals surface area (Å²) in [6, 6.07) is 10.00. The van der Waals surface area contributed by atoms with Crippen molar-refractivity contribution >= 4 is 17.0 Å². The maximum Gasteiger partial charge on any atom is 0.141 e. The van der Waals surface area contributed by atoms with Gasteiger partial charge < -0.3 is 9.47 Å². The molecule has 0 unspecified atom stereocenters. The van der Waals surface area contributed by atoms with Crippen LogP contribution in [0.15, 0.2) is 48.1 Å². The molecule has 0 aliphatic heterocycles. The predicted molar refractivity (Wildman–Crippen MR) is 89.3 cm³/mol. The lowest BCUT2D eigenvalue weighted by molar-refractivity contribution is 0.339. The quantitative estimate of drug-likeness (QED) is 0.656. The summed E-state index contributed by atoms with van der Waals surface area (Å²) in [5.74, 6) is 1.61. The number of nitrogens with zero attached hydrogens (tertiary/aromatic N) is 4. The Kier molecular flexibility index (Phi) is 4.52. The van der Waals surface area contributed by atoms with E-state index in [1.807, 2.05) is 44.2 Å². The highest BCUT2D eigenvalue weighted by molar-refractivity contribution is 6.03. The molecule has 0 fully saturated rings. The lowest BCUT2D eigenvalue weighted by atomic mass is 10.0. The first-order chi connectivity index (χ1) is 11.3. The van der Waals surface area contributed by atoms with Gasteiger partial charge in [0.25, 0.3) is 0 Å². The summed E-state index contributed by atoms with van der Waals surface area (Å²) in [6.45, 7) is 5.14. The van der Waals surface area contributed by atoms with Crippen molar-refractivity contribution in [2.75, 3.05) is 13.2 Å². The molecule has 0 spiro atoms. The Labute approximate surface area is 134 Å². The van der Waals surface area contributed by atoms with Crippen LogP contribution in [0, 0.1) is 0 Å². The minimum atomic E-state index is 0.587. The molecule has 1 aromatic heterocycles. The summed E-state index contributed by atoms with van der Waals surface area (Å²) in [6.07, 6.45) is 4.83. The predicted octanol–water partition coefficient (Wildman–Crippen LogP) is 3.11. The molecule has 2 aromatic carbocycles. The number of aromatic nitrogens is 3. The maximum atomic E-state index is 5.74. The maximum absolute atomic E-state index is 5.74. The van der Waals surface area contributed by atoms with Crippen molar-refractivity contribution in [3.63, 3.8) is 0 Å². The minimum Gasteiger partial charge on any atom is -0.494 e. The Hall–Kier alpha value is -2.89. The van der Waals surface area contributed by atoms with Gasteiger partial charge in [0.2, 0.25) is 0 Å². The molecule has 6 nitrogen and oxygen atoms in total. The Bertz CT molecular complexity index is 808. The smallest absolute Gasteiger partial charge is 0.141 e. The van der Waals surface area contributed by atoms with E-state index in [-0.39, 0.29) is 0 Å². The molecule has 0 radical (unpaired) electrons. The van der Waals surface area contributed by atoms with Crippen LogP contribution in [0.4, 0.5) is 0 Å². The Morgan fingerprint density at radius 1 is 1.04 bits per heavy atom. The Morgan fingerprint density at radius 2 is 1.78 bits per heavy atom. The van der Waals surface area contributed by atoms with Crippen molar-refractivity contribution in [2.45, 2.75) is 13.8 Å². The van der Waals surface area contributed by atoms with E-state index >= 15 is 0 Å². The highest BCUT2D eigenvalue weighted by Crippen LogP contribution is 2.30. The largest absolute Gasteiger partial charge is 0.494 e. The zero-order valence-corrected chi connectivity index (χ0v) is 13.1. The molecule has 3 aromatic rings. The van der Waals surface area contributed by atoms with Crippen LogP contribution >= 0.6 is 0 Å². The molecule has 0 atom stereocenters. The van der Waals surface area contributed by atoms with Gasteiger partial charge in [-0.2, -0.15) is 5.10 Å². The van der Waals surface area contributed by atoms with Gasteiger partial charge in [-0.1, -0.05) is 12.1 Å². The third kappa shape index (κ3) is 3.31. The summed E-state index contributed by atoms with van der Waals surface area (Å²) in [5.41, 5.74) is 0.902. The van der Waals surface area contributed by atoms with Crippen molar-refractivity contribution in [3.05, 3.63) is 48.5 Å². The molecule has 0 saturated heterocycles. The monoisotopic (exact) mass is 310 g/mol. The molecule has 0 N–H and O–H groups in total. The van der Waals surface area contributed by atoms with Crippen LogP contribution in [0.2, 0.25) is 0 Å². The first-order valence-electron chi connectivity index (χ1n) is 7.53. The average Bonchev–Trinajstić information content (AvgIpc) is 3.07. The number of benzene rings is 2. The first-order valence-corrected chi connectivity index (χ1v) is 7.53. The lowest BCUT2D eigenvalue weighted by Gasteiger charge is -2.11. The second kappa shape index (κ2) is 6.91. The average molecular weight is 310 g/mol. The fraction of sp³-hybridized carbons (Fsp3) is 0.235. The fourth-order valence-electron chi connectivity index (χ4n) is 2.35. The highest BCUT2D eigenvalue weighted by Gasteiger charge is 2.08. The van der Waals surface area contributed by atoms with Crippen molar-refractivity contribution in [1.82, 2.24) is 14.9 Å². The molecule has 0 aliphatic carbocycles. The number of ether oxygens (including phenoxy) is 2. The van der Waals surface area contributed by atoms with Crippen molar-refractivity contribution in [3.8, 4) is 11.5 Å². The van der Waals surface area contributed by atoms with Gasteiger partial charge in [0.05, 0.1) is 19.4 Å². The second-order valence-electron chi connectivity index (χ2n) is 4.81. The van der Waals surface area contributed by atoms with Crippen LogP contribution < -0.4 is 9.47 Å². The second-order valence-corrected chi connectivity index (χ2v) is 4.81. The van der Waals surface area contributed by atoms with E-state index in [0.717, 1.165) is 27.8 Å². The van der Waals surface area contributed by atoms with Gasteiger partial charge in [0, 0.05) is 5.56 Å². The minimum absolute atomic E-state index is 0.587. The zero-order valence-electron chi connectivity index (χ0n) is 13.1. The third-order valence-corrected chi connectivity index (χ3v) is 3.33. The van der Waals surface area contributed by atoms with Gasteiger partial charge in [0.15, 0.2) is 0 Å². The number of hydrogen-bond acceptors (Lipinski definition) is 5. The topological polar surface area (TPSA) is 61.5 Å². The molecule has 118 valence electrons. The van der Waals surface area contributed by atoms with E-state index in [0.29, 0.717) is 13.2 Å². The fourth-order valence-corrected chi connectivity index (χ4v) is 2.35. The third-order valence-electron chi connectivity index (χ3n) is 3.33. The SMILES string of the molecule is CCOc1ccc2ccc(OCC)c(/C=N/n3cnnc3)c2c1. The summed E-state index contributed by atoms with van der Waals surface area (Å²) in [4.78, 5) is 0. The van der Waals surface area contributed by atoms with Crippen LogP contribution in [0.5, 0.6) is 11.5 Å². The number of hydrogen-bond donors (Lipinski definition) is 0. The van der Waals surface area contributed by atoms with E-state index < -0.39 is 0 Å². The Morgan fingerprint density at radius 3 is 2.52 bits per heavy atom. The standard InChI is InChI=1S/C17H18N4O2/c1-3-22-14-7-5-13-6-8-17(23-4-2)16(15(13)9-14)10-20-21-11-18-19-12-21/h5-12H,3-4H2,1-2H3/b20-10+. The molecule has 0 amide bonds. The number of rotatable bonds is 6. The molecule has 0 saturated carbocycles. The van der Waals surface area contributed by atoms with Crippen LogP contribution in [-0.2, 0) is 0 Å². The molecular weight excluding hydrogens is 292 g/mol. The summed E-state index contributed by atoms with van der Waals surface area (Å²) >= 11 is 0. The van der Waals surface area contributed by atoms with E-state index in [4.69, 9.17) is 9.47 Å². The van der Waals surface area contributed by atoms with Gasteiger partial charge in [-0.15, -0.1) is 10.2 Å². The molecule has 0 bridgehead atoms. The van der Waals surface area contributed by atoms with Gasteiger partial charge in [-0.05, 0) is 42.8 Å². The summed E-state index contributed by atoms with van der Waals surface area (Å²) in [5, 5.41) is 14.0. The van der Waals surface area contributed by atoms with Gasteiger partial charge in [-0.3, -0.25) is 0 Å². The summed E-state index contributed by atoms with van der Waals surface area (Å²) < 4.78 is 12.9. The highest BCUT2D eigenvalue weighted by atomic mass is 16.5. The van der Waals surface area contributed by atoms with Crippen molar-refractivity contribution < 1.29 is 9.47 Å². The molecule has 0 aliphatic rings. The zero-order chi connectivity index (χ0) is 16.1. The van der Waals surface area contributed by atoms with E-state index in [1.54, 1.807) is 10.9 Å². The van der Waals surface area contributed by atoms with Gasteiger partial charge in [0.1, 0.15) is 24.2 Å². The first kappa shape index (κ1) is 15.0. The molecule has 23 heavy (non-hydrogen) atoms. The van der Waals surface area contributed by atoms with E-state index in [1.165, 1.54) is 12.7 Å². The van der Waals surface area contributed by atoms with Crippen LogP contribution in [0.25, 0.3) is 10.8 Å². The van der Waals surface area contributed by atoms with Crippen LogP contribution in [-0.4, -0.2) is 34.3 Å². The van der Waals surface area contributed by atoms with E-state index in [9.17, 15) is 0 Å². The van der Waals surface area contributed by atoms with Gasteiger partial charge in [-0.25, -0.2) is 4.68 Å². The van der Waals surface area contributed by atoms with E-state index in [2.05, 4.69) is 15.3 Å². The molecule has 1 heterocycles. The lowest BCUT2D eigenvalue weighted by Crippen LogP contribution is -1.99. The Balaban J connectivity index is 2.12. The van der Waals surface area contributed by atoms with Gasteiger partial charge >= 0.3 is 0 Å². The number of fused-ring (bicyclic) bond motifs is 1. The van der Waals surface area contributed by atoms with Crippen LogP contribution in [0.1, 0.15) is 19.4 Å². The van der Waals surface area contributed by atoms with Crippen LogP contribution in [0.3, 0.4) is 0 Å². The normalized spacial score (nSPS) is 11.2.